The first kappa shape index (κ1) is 17.0. The minimum absolute atomic E-state index is 0.0143. The van der Waals surface area contributed by atoms with Crippen molar-refractivity contribution in [3.63, 3.8) is 0 Å². The van der Waals surface area contributed by atoms with Crippen molar-refractivity contribution in [3.05, 3.63) is 0 Å². The molecule has 5 heteroatoms. The van der Waals surface area contributed by atoms with Gasteiger partial charge in [0, 0.05) is 19.8 Å². The molecule has 1 fully saturated rings. The van der Waals surface area contributed by atoms with Crippen LogP contribution >= 0.6 is 0 Å². The maximum Gasteiger partial charge on any atom is 0.248 e. The summed E-state index contributed by atoms with van der Waals surface area (Å²) in [5.41, 5.74) is -1.53. The number of ether oxygens (including phenoxy) is 1. The molecule has 0 aliphatic carbocycles. The summed E-state index contributed by atoms with van der Waals surface area (Å²) in [6.45, 7) is 11.3. The van der Waals surface area contributed by atoms with Crippen molar-refractivity contribution < 1.29 is 14.3 Å². The van der Waals surface area contributed by atoms with Crippen molar-refractivity contribution in [1.29, 1.82) is 0 Å². The van der Waals surface area contributed by atoms with E-state index in [0.29, 0.717) is 32.6 Å². The molecule has 5 nitrogen and oxygen atoms in total. The number of hydrogen-bond donors (Lipinski definition) is 1. The summed E-state index contributed by atoms with van der Waals surface area (Å²) < 4.78 is 5.33. The van der Waals surface area contributed by atoms with Gasteiger partial charge in [-0.2, -0.15) is 0 Å². The predicted molar refractivity (Wildman–Crippen MR) is 78.4 cm³/mol. The van der Waals surface area contributed by atoms with Gasteiger partial charge in [-0.3, -0.25) is 9.59 Å². The molecule has 1 rings (SSSR count). The van der Waals surface area contributed by atoms with Crippen molar-refractivity contribution in [2.24, 2.45) is 0 Å². The molecule has 1 heterocycles. The number of carbonyl (C=O) groups is 2. The molecule has 0 spiro atoms. The Balaban J connectivity index is 2.91. The van der Waals surface area contributed by atoms with Gasteiger partial charge < -0.3 is 15.0 Å². The minimum atomic E-state index is -0.780. The van der Waals surface area contributed by atoms with Crippen molar-refractivity contribution >= 4 is 11.8 Å². The van der Waals surface area contributed by atoms with E-state index in [4.69, 9.17) is 4.74 Å². The first-order valence-electron chi connectivity index (χ1n) is 7.58. The highest BCUT2D eigenvalue weighted by atomic mass is 16.5. The van der Waals surface area contributed by atoms with Crippen LogP contribution in [0.5, 0.6) is 0 Å². The van der Waals surface area contributed by atoms with E-state index < -0.39 is 11.1 Å². The Labute approximate surface area is 122 Å². The summed E-state index contributed by atoms with van der Waals surface area (Å²) >= 11 is 0. The van der Waals surface area contributed by atoms with Gasteiger partial charge in [0.1, 0.15) is 11.1 Å². The number of nitrogens with zero attached hydrogens (tertiary/aromatic N) is 1. The summed E-state index contributed by atoms with van der Waals surface area (Å²) in [7, 11) is 0. The fourth-order valence-electron chi connectivity index (χ4n) is 2.49. The molecule has 116 valence electrons. The van der Waals surface area contributed by atoms with Crippen LogP contribution in [-0.4, -0.2) is 47.6 Å². The molecule has 2 amide bonds. The number of rotatable bonds is 7. The zero-order valence-corrected chi connectivity index (χ0v) is 13.4. The minimum Gasteiger partial charge on any atom is -0.382 e. The van der Waals surface area contributed by atoms with Crippen molar-refractivity contribution in [1.82, 2.24) is 10.2 Å². The van der Waals surface area contributed by atoms with E-state index in [1.165, 1.54) is 0 Å². The van der Waals surface area contributed by atoms with Crippen LogP contribution in [0, 0.1) is 0 Å². The molecule has 0 saturated carbocycles. The van der Waals surface area contributed by atoms with Gasteiger partial charge in [-0.15, -0.1) is 0 Å². The summed E-state index contributed by atoms with van der Waals surface area (Å²) in [6, 6.07) is 0. The monoisotopic (exact) mass is 284 g/mol. The first-order valence-corrected chi connectivity index (χ1v) is 7.58. The van der Waals surface area contributed by atoms with E-state index in [1.54, 1.807) is 11.8 Å². The van der Waals surface area contributed by atoms with E-state index in [1.807, 2.05) is 27.7 Å². The van der Waals surface area contributed by atoms with E-state index in [0.717, 1.165) is 6.42 Å². The molecular weight excluding hydrogens is 256 g/mol. The third-order valence-corrected chi connectivity index (χ3v) is 4.46. The van der Waals surface area contributed by atoms with Gasteiger partial charge in [-0.25, -0.2) is 0 Å². The highest BCUT2D eigenvalue weighted by Crippen LogP contribution is 2.30. The van der Waals surface area contributed by atoms with Gasteiger partial charge in [0.15, 0.2) is 0 Å². The van der Waals surface area contributed by atoms with Crippen LogP contribution in [0.15, 0.2) is 0 Å². The Kier molecular flexibility index (Phi) is 5.57. The second-order valence-electron chi connectivity index (χ2n) is 5.77. The molecule has 1 saturated heterocycles. The van der Waals surface area contributed by atoms with Crippen molar-refractivity contribution in [2.75, 3.05) is 19.8 Å². The molecular formula is C15H28N2O3. The Morgan fingerprint density at radius 3 is 2.30 bits per heavy atom. The van der Waals surface area contributed by atoms with E-state index in [-0.39, 0.29) is 11.8 Å². The molecule has 0 aromatic rings. The van der Waals surface area contributed by atoms with Gasteiger partial charge >= 0.3 is 0 Å². The first-order chi connectivity index (χ1) is 9.35. The van der Waals surface area contributed by atoms with Crippen LogP contribution in [0.25, 0.3) is 0 Å². The molecule has 2 unspecified atom stereocenters. The lowest BCUT2D eigenvalue weighted by molar-refractivity contribution is -0.162. The average molecular weight is 284 g/mol. The molecule has 1 aliphatic heterocycles. The third kappa shape index (κ3) is 2.97. The number of nitrogens with one attached hydrogen (secondary N) is 1. The van der Waals surface area contributed by atoms with Crippen molar-refractivity contribution in [2.45, 2.75) is 65.0 Å². The fourth-order valence-corrected chi connectivity index (χ4v) is 2.49. The van der Waals surface area contributed by atoms with Crippen LogP contribution in [-0.2, 0) is 14.3 Å². The topological polar surface area (TPSA) is 58.6 Å². The predicted octanol–water partition coefficient (Wildman–Crippen LogP) is 1.71. The zero-order chi connectivity index (χ0) is 15.4. The number of hydrogen-bond acceptors (Lipinski definition) is 3. The van der Waals surface area contributed by atoms with Crippen molar-refractivity contribution in [3.8, 4) is 0 Å². The smallest absolute Gasteiger partial charge is 0.248 e. The van der Waals surface area contributed by atoms with Gasteiger partial charge in [0.25, 0.3) is 0 Å². The summed E-state index contributed by atoms with van der Waals surface area (Å²) in [5.74, 6) is -0.0409. The lowest BCUT2D eigenvalue weighted by atomic mass is 9.84. The maximum atomic E-state index is 12.7. The number of amides is 2. The zero-order valence-electron chi connectivity index (χ0n) is 13.4. The highest BCUT2D eigenvalue weighted by Gasteiger charge is 2.52. The van der Waals surface area contributed by atoms with E-state index in [9.17, 15) is 9.59 Å². The molecule has 0 aromatic carbocycles. The highest BCUT2D eigenvalue weighted by molar-refractivity contribution is 6.01. The summed E-state index contributed by atoms with van der Waals surface area (Å²) in [4.78, 5) is 26.9. The van der Waals surface area contributed by atoms with Gasteiger partial charge in [0.2, 0.25) is 11.8 Å². The lowest BCUT2D eigenvalue weighted by Crippen LogP contribution is -2.73. The summed E-state index contributed by atoms with van der Waals surface area (Å²) in [5, 5.41) is 2.90. The Morgan fingerprint density at radius 2 is 1.80 bits per heavy atom. The fraction of sp³-hybridized carbons (Fsp3) is 0.867. The lowest BCUT2D eigenvalue weighted by Gasteiger charge is -2.50. The molecule has 0 radical (unpaired) electrons. The van der Waals surface area contributed by atoms with Crippen LogP contribution in [0.3, 0.4) is 0 Å². The van der Waals surface area contributed by atoms with E-state index >= 15 is 0 Å². The van der Waals surface area contributed by atoms with Crippen LogP contribution < -0.4 is 5.32 Å². The van der Waals surface area contributed by atoms with Crippen LogP contribution in [0.4, 0.5) is 0 Å². The standard InChI is InChI=1S/C15H28N2O3/c1-6-14(4)13(19)17(10-9-11-20-8-3)15(5,7-2)12(18)16-14/h6-11H2,1-5H3,(H,16,18). The second kappa shape index (κ2) is 6.57. The van der Waals surface area contributed by atoms with Crippen LogP contribution in [0.1, 0.15) is 53.9 Å². The third-order valence-electron chi connectivity index (χ3n) is 4.46. The van der Waals surface area contributed by atoms with Gasteiger partial charge in [0.05, 0.1) is 0 Å². The maximum absolute atomic E-state index is 12.7. The molecule has 1 N–H and O–H groups in total. The molecule has 0 bridgehead atoms. The molecule has 20 heavy (non-hydrogen) atoms. The van der Waals surface area contributed by atoms with Gasteiger partial charge in [-0.1, -0.05) is 13.8 Å². The SMILES string of the molecule is CCOCCCN1C(=O)C(C)(CC)NC(=O)C1(C)CC. The Hall–Kier alpha value is -1.10. The Bertz CT molecular complexity index is 372. The molecule has 1 aliphatic rings. The summed E-state index contributed by atoms with van der Waals surface area (Å²) in [6.07, 6.45) is 1.96. The second-order valence-corrected chi connectivity index (χ2v) is 5.77. The van der Waals surface area contributed by atoms with Crippen LogP contribution in [0.2, 0.25) is 0 Å². The number of piperazine rings is 1. The number of carbonyl (C=O) groups excluding carboxylic acids is 2. The molecule has 2 atom stereocenters. The van der Waals surface area contributed by atoms with Gasteiger partial charge in [-0.05, 0) is 40.0 Å². The normalized spacial score (nSPS) is 30.6. The largest absolute Gasteiger partial charge is 0.382 e. The quantitative estimate of drug-likeness (QED) is 0.724. The average Bonchev–Trinajstić information content (AvgIpc) is 2.44. The molecule has 0 aromatic heterocycles. The van der Waals surface area contributed by atoms with E-state index in [2.05, 4.69) is 5.32 Å². The Morgan fingerprint density at radius 1 is 1.15 bits per heavy atom.